The third kappa shape index (κ3) is 1.90. The highest BCUT2D eigenvalue weighted by Crippen LogP contribution is 2.28. The molecule has 2 N–H and O–H groups in total. The molecule has 0 radical (unpaired) electrons. The molecule has 0 spiro atoms. The van der Waals surface area contributed by atoms with Crippen LogP contribution in [-0.2, 0) is 4.79 Å². The number of hydrogen-bond acceptors (Lipinski definition) is 4. The van der Waals surface area contributed by atoms with Gasteiger partial charge in [-0.1, -0.05) is 0 Å². The quantitative estimate of drug-likeness (QED) is 0.855. The van der Waals surface area contributed by atoms with E-state index >= 15 is 0 Å². The molecule has 6 heteroatoms. The average molecular weight is 246 g/mol. The Labute approximate surface area is 104 Å². The van der Waals surface area contributed by atoms with Crippen molar-refractivity contribution in [3.8, 4) is 0 Å². The van der Waals surface area contributed by atoms with Crippen molar-refractivity contribution in [2.45, 2.75) is 25.3 Å². The van der Waals surface area contributed by atoms with Gasteiger partial charge in [0.15, 0.2) is 5.82 Å². The lowest BCUT2D eigenvalue weighted by molar-refractivity contribution is -0.141. The number of nitrogens with zero attached hydrogens (tertiary/aromatic N) is 3. The zero-order chi connectivity index (χ0) is 12.5. The minimum absolute atomic E-state index is 0.180. The van der Waals surface area contributed by atoms with Crippen molar-refractivity contribution in [3.63, 3.8) is 0 Å². The number of nitrogens with one attached hydrogen (secondary N) is 1. The highest BCUT2D eigenvalue weighted by Gasteiger charge is 2.30. The van der Waals surface area contributed by atoms with E-state index in [1.807, 2.05) is 6.07 Å². The first-order valence-corrected chi connectivity index (χ1v) is 6.02. The average Bonchev–Trinajstić information content (AvgIpc) is 2.97. The van der Waals surface area contributed by atoms with Gasteiger partial charge in [0.2, 0.25) is 0 Å². The van der Waals surface area contributed by atoms with Crippen LogP contribution in [-0.4, -0.2) is 31.7 Å². The molecular formula is C12H14N4O2. The molecule has 1 aliphatic carbocycles. The maximum atomic E-state index is 10.9. The van der Waals surface area contributed by atoms with Crippen LogP contribution in [0.15, 0.2) is 24.7 Å². The molecule has 1 saturated carbocycles. The van der Waals surface area contributed by atoms with Gasteiger partial charge in [-0.25, -0.2) is 9.50 Å². The number of anilines is 1. The number of rotatable bonds is 3. The summed E-state index contributed by atoms with van der Waals surface area (Å²) in [6, 6.07) is 2.07. The first-order chi connectivity index (χ1) is 8.74. The van der Waals surface area contributed by atoms with Crippen molar-refractivity contribution in [2.75, 3.05) is 5.32 Å². The van der Waals surface area contributed by atoms with Gasteiger partial charge >= 0.3 is 5.97 Å². The van der Waals surface area contributed by atoms with E-state index in [9.17, 15) is 4.79 Å². The van der Waals surface area contributed by atoms with Gasteiger partial charge in [-0.2, -0.15) is 5.10 Å². The monoisotopic (exact) mass is 246 g/mol. The summed E-state index contributed by atoms with van der Waals surface area (Å²) in [5.41, 5.74) is 0.913. The normalized spacial score (nSPS) is 23.3. The number of aromatic nitrogens is 3. The fourth-order valence-corrected chi connectivity index (χ4v) is 2.50. The molecule has 0 saturated heterocycles. The molecule has 2 heterocycles. The third-order valence-electron chi connectivity index (χ3n) is 3.45. The van der Waals surface area contributed by atoms with E-state index in [-0.39, 0.29) is 12.0 Å². The van der Waals surface area contributed by atoms with Crippen LogP contribution in [0, 0.1) is 5.92 Å². The van der Waals surface area contributed by atoms with Crippen LogP contribution >= 0.6 is 0 Å². The van der Waals surface area contributed by atoms with Gasteiger partial charge in [0.1, 0.15) is 5.52 Å². The summed E-state index contributed by atoms with van der Waals surface area (Å²) in [5, 5.41) is 16.4. The highest BCUT2D eigenvalue weighted by molar-refractivity contribution is 5.71. The minimum Gasteiger partial charge on any atom is -0.481 e. The Morgan fingerprint density at radius 1 is 1.44 bits per heavy atom. The Balaban J connectivity index is 1.77. The SMILES string of the molecule is O=C(O)C1CCC(Nc2nccn3nccc23)C1. The van der Waals surface area contributed by atoms with E-state index in [0.29, 0.717) is 6.42 Å². The smallest absolute Gasteiger partial charge is 0.306 e. The molecule has 2 aromatic rings. The van der Waals surface area contributed by atoms with Gasteiger partial charge in [0, 0.05) is 18.4 Å². The summed E-state index contributed by atoms with van der Waals surface area (Å²) >= 11 is 0. The predicted molar refractivity (Wildman–Crippen MR) is 65.4 cm³/mol. The lowest BCUT2D eigenvalue weighted by Crippen LogP contribution is -2.19. The lowest BCUT2D eigenvalue weighted by Gasteiger charge is -2.13. The van der Waals surface area contributed by atoms with E-state index in [2.05, 4.69) is 15.4 Å². The topological polar surface area (TPSA) is 79.5 Å². The number of aliphatic carboxylic acids is 1. The van der Waals surface area contributed by atoms with Crippen molar-refractivity contribution in [1.29, 1.82) is 0 Å². The summed E-state index contributed by atoms with van der Waals surface area (Å²) in [6.07, 6.45) is 7.45. The van der Waals surface area contributed by atoms with Gasteiger partial charge < -0.3 is 10.4 Å². The van der Waals surface area contributed by atoms with Gasteiger partial charge in [0.25, 0.3) is 0 Å². The van der Waals surface area contributed by atoms with E-state index < -0.39 is 5.97 Å². The van der Waals surface area contributed by atoms with Crippen LogP contribution in [0.4, 0.5) is 5.82 Å². The molecule has 18 heavy (non-hydrogen) atoms. The van der Waals surface area contributed by atoms with Crippen molar-refractivity contribution >= 4 is 17.3 Å². The molecule has 2 unspecified atom stereocenters. The first-order valence-electron chi connectivity index (χ1n) is 6.02. The van der Waals surface area contributed by atoms with E-state index in [0.717, 1.165) is 24.2 Å². The summed E-state index contributed by atoms with van der Waals surface area (Å²) < 4.78 is 1.75. The number of carbonyl (C=O) groups is 1. The number of fused-ring (bicyclic) bond motifs is 1. The molecule has 1 aliphatic rings. The van der Waals surface area contributed by atoms with Gasteiger partial charge in [-0.15, -0.1) is 0 Å². The van der Waals surface area contributed by atoms with Crippen molar-refractivity contribution in [3.05, 3.63) is 24.7 Å². The van der Waals surface area contributed by atoms with E-state index in [4.69, 9.17) is 5.11 Å². The number of hydrogen-bond donors (Lipinski definition) is 2. The second-order valence-corrected chi connectivity index (χ2v) is 4.63. The molecule has 2 atom stereocenters. The maximum Gasteiger partial charge on any atom is 0.306 e. The Morgan fingerprint density at radius 3 is 3.11 bits per heavy atom. The van der Waals surface area contributed by atoms with Crippen molar-refractivity contribution in [2.24, 2.45) is 5.92 Å². The molecular weight excluding hydrogens is 232 g/mol. The summed E-state index contributed by atoms with van der Waals surface area (Å²) in [5.74, 6) is -0.159. The second kappa shape index (κ2) is 4.29. The summed E-state index contributed by atoms with van der Waals surface area (Å²) in [6.45, 7) is 0. The fraction of sp³-hybridized carbons (Fsp3) is 0.417. The Bertz CT molecular complexity index is 580. The molecule has 0 aliphatic heterocycles. The van der Waals surface area contributed by atoms with Gasteiger partial charge in [-0.05, 0) is 25.3 Å². The molecule has 0 amide bonds. The lowest BCUT2D eigenvalue weighted by atomic mass is 10.1. The van der Waals surface area contributed by atoms with Crippen LogP contribution < -0.4 is 5.32 Å². The third-order valence-corrected chi connectivity index (χ3v) is 3.45. The zero-order valence-electron chi connectivity index (χ0n) is 9.78. The Morgan fingerprint density at radius 2 is 2.33 bits per heavy atom. The molecule has 6 nitrogen and oxygen atoms in total. The van der Waals surface area contributed by atoms with Crippen LogP contribution in [0.25, 0.3) is 5.52 Å². The zero-order valence-corrected chi connectivity index (χ0v) is 9.78. The largest absolute Gasteiger partial charge is 0.481 e. The molecule has 3 rings (SSSR count). The second-order valence-electron chi connectivity index (χ2n) is 4.63. The van der Waals surface area contributed by atoms with E-state index in [1.165, 1.54) is 0 Å². The van der Waals surface area contributed by atoms with Crippen LogP contribution in [0.1, 0.15) is 19.3 Å². The molecule has 94 valence electrons. The summed E-state index contributed by atoms with van der Waals surface area (Å²) in [7, 11) is 0. The van der Waals surface area contributed by atoms with Crippen LogP contribution in [0.3, 0.4) is 0 Å². The van der Waals surface area contributed by atoms with Crippen molar-refractivity contribution in [1.82, 2.24) is 14.6 Å². The van der Waals surface area contributed by atoms with Gasteiger partial charge in [-0.3, -0.25) is 4.79 Å². The Hall–Kier alpha value is -2.11. The molecule has 1 fully saturated rings. The molecule has 2 aromatic heterocycles. The van der Waals surface area contributed by atoms with Crippen molar-refractivity contribution < 1.29 is 9.90 Å². The van der Waals surface area contributed by atoms with E-state index in [1.54, 1.807) is 23.1 Å². The predicted octanol–water partition coefficient (Wildman–Crippen LogP) is 1.39. The van der Waals surface area contributed by atoms with Gasteiger partial charge in [0.05, 0.1) is 12.1 Å². The molecule has 0 aromatic carbocycles. The van der Waals surface area contributed by atoms with Crippen LogP contribution in [0.2, 0.25) is 0 Å². The first kappa shape index (κ1) is 11.0. The molecule has 0 bridgehead atoms. The minimum atomic E-state index is -0.699. The Kier molecular flexibility index (Phi) is 2.62. The van der Waals surface area contributed by atoms with Crippen LogP contribution in [0.5, 0.6) is 0 Å². The standard InChI is InChI=1S/C12H14N4O2/c17-12(18)8-1-2-9(7-8)15-11-10-3-4-14-16(10)6-5-13-11/h3-6,8-9H,1-2,7H2,(H,13,15)(H,17,18). The number of carboxylic acid groups (broad SMARTS) is 1. The number of carboxylic acids is 1. The maximum absolute atomic E-state index is 10.9. The summed E-state index contributed by atoms with van der Waals surface area (Å²) in [4.78, 5) is 15.2. The fourth-order valence-electron chi connectivity index (χ4n) is 2.50. The highest BCUT2D eigenvalue weighted by atomic mass is 16.4.